The molecule has 1 aliphatic heterocycles. The van der Waals surface area contributed by atoms with Crippen LogP contribution in [0.1, 0.15) is 11.1 Å². The van der Waals surface area contributed by atoms with Gasteiger partial charge in [-0.25, -0.2) is 0 Å². The number of nitrogens with one attached hydrogen (secondary N) is 1. The Morgan fingerprint density at radius 1 is 1.30 bits per heavy atom. The Balaban J connectivity index is 1.72. The highest BCUT2D eigenvalue weighted by atomic mass is 35.5. The zero-order valence-electron chi connectivity index (χ0n) is 12.6. The molecule has 0 fully saturated rings. The molecule has 4 nitrogen and oxygen atoms in total. The maximum atomic E-state index is 12.3. The van der Waals surface area contributed by atoms with Crippen molar-refractivity contribution >= 4 is 23.6 Å². The SMILES string of the molecule is COc1ccccc1CNC(=O)C1=Cc2cc(Cl)ccc2OC1. The average Bonchev–Trinajstić information content (AvgIpc) is 2.59. The Kier molecular flexibility index (Phi) is 4.53. The van der Waals surface area contributed by atoms with Crippen LogP contribution >= 0.6 is 11.6 Å². The molecule has 118 valence electrons. The minimum atomic E-state index is -0.165. The molecule has 2 aromatic carbocycles. The summed E-state index contributed by atoms with van der Waals surface area (Å²) >= 11 is 5.98. The predicted molar refractivity (Wildman–Crippen MR) is 89.8 cm³/mol. The molecule has 0 aliphatic carbocycles. The van der Waals surface area contributed by atoms with Crippen LogP contribution in [0.3, 0.4) is 0 Å². The van der Waals surface area contributed by atoms with E-state index in [1.165, 1.54) is 0 Å². The van der Waals surface area contributed by atoms with E-state index in [1.807, 2.05) is 30.3 Å². The molecule has 0 saturated heterocycles. The highest BCUT2D eigenvalue weighted by Gasteiger charge is 2.17. The molecule has 1 heterocycles. The van der Waals surface area contributed by atoms with Crippen molar-refractivity contribution in [2.75, 3.05) is 13.7 Å². The van der Waals surface area contributed by atoms with Gasteiger partial charge in [0.05, 0.1) is 12.7 Å². The number of fused-ring (bicyclic) bond motifs is 1. The van der Waals surface area contributed by atoms with Crippen LogP contribution in [0.25, 0.3) is 6.08 Å². The van der Waals surface area contributed by atoms with Crippen molar-refractivity contribution in [3.05, 3.63) is 64.2 Å². The van der Waals surface area contributed by atoms with Crippen LogP contribution in [0.2, 0.25) is 5.02 Å². The summed E-state index contributed by atoms with van der Waals surface area (Å²) in [5, 5.41) is 3.50. The van der Waals surface area contributed by atoms with E-state index in [4.69, 9.17) is 21.1 Å². The minimum absolute atomic E-state index is 0.165. The number of ether oxygens (including phenoxy) is 2. The number of benzene rings is 2. The van der Waals surface area contributed by atoms with Crippen LogP contribution < -0.4 is 14.8 Å². The third-order valence-electron chi connectivity index (χ3n) is 3.61. The molecule has 0 spiro atoms. The van der Waals surface area contributed by atoms with Crippen molar-refractivity contribution in [2.24, 2.45) is 0 Å². The van der Waals surface area contributed by atoms with Crippen LogP contribution in [0, 0.1) is 0 Å². The smallest absolute Gasteiger partial charge is 0.250 e. The molecule has 23 heavy (non-hydrogen) atoms. The van der Waals surface area contributed by atoms with Crippen molar-refractivity contribution in [1.29, 1.82) is 0 Å². The third-order valence-corrected chi connectivity index (χ3v) is 3.84. The highest BCUT2D eigenvalue weighted by Crippen LogP contribution is 2.29. The van der Waals surface area contributed by atoms with E-state index in [0.717, 1.165) is 22.6 Å². The molecule has 0 bridgehead atoms. The van der Waals surface area contributed by atoms with Crippen molar-refractivity contribution in [2.45, 2.75) is 6.54 Å². The molecule has 2 aromatic rings. The van der Waals surface area contributed by atoms with Gasteiger partial charge in [-0.2, -0.15) is 0 Å². The van der Waals surface area contributed by atoms with Gasteiger partial charge >= 0.3 is 0 Å². The van der Waals surface area contributed by atoms with Gasteiger partial charge in [-0.3, -0.25) is 4.79 Å². The second-order valence-electron chi connectivity index (χ2n) is 5.13. The van der Waals surface area contributed by atoms with E-state index in [0.29, 0.717) is 17.1 Å². The van der Waals surface area contributed by atoms with Crippen molar-refractivity contribution < 1.29 is 14.3 Å². The van der Waals surface area contributed by atoms with E-state index in [1.54, 1.807) is 25.3 Å². The fraction of sp³-hybridized carbons (Fsp3) is 0.167. The normalized spacial score (nSPS) is 12.7. The van der Waals surface area contributed by atoms with Gasteiger partial charge in [-0.05, 0) is 30.3 Å². The van der Waals surface area contributed by atoms with Gasteiger partial charge in [-0.15, -0.1) is 0 Å². The number of hydrogen-bond acceptors (Lipinski definition) is 3. The van der Waals surface area contributed by atoms with Crippen molar-refractivity contribution in [3.8, 4) is 11.5 Å². The second kappa shape index (κ2) is 6.75. The molecule has 3 rings (SSSR count). The summed E-state index contributed by atoms with van der Waals surface area (Å²) in [6.07, 6.45) is 1.81. The minimum Gasteiger partial charge on any atom is -0.496 e. The lowest BCUT2D eigenvalue weighted by Gasteiger charge is -2.18. The van der Waals surface area contributed by atoms with Gasteiger partial charge in [0, 0.05) is 22.7 Å². The Morgan fingerprint density at radius 3 is 2.96 bits per heavy atom. The first-order valence-electron chi connectivity index (χ1n) is 7.20. The van der Waals surface area contributed by atoms with E-state index in [-0.39, 0.29) is 12.5 Å². The monoisotopic (exact) mass is 329 g/mol. The summed E-state index contributed by atoms with van der Waals surface area (Å²) < 4.78 is 10.9. The summed E-state index contributed by atoms with van der Waals surface area (Å²) in [7, 11) is 1.61. The van der Waals surface area contributed by atoms with Crippen LogP contribution in [-0.4, -0.2) is 19.6 Å². The van der Waals surface area contributed by atoms with E-state index in [2.05, 4.69) is 5.32 Å². The largest absolute Gasteiger partial charge is 0.496 e. The fourth-order valence-corrected chi connectivity index (χ4v) is 2.60. The van der Waals surface area contributed by atoms with Gasteiger partial charge in [0.2, 0.25) is 0 Å². The highest BCUT2D eigenvalue weighted by molar-refractivity contribution is 6.30. The van der Waals surface area contributed by atoms with Crippen LogP contribution in [0.4, 0.5) is 0 Å². The number of hydrogen-bond donors (Lipinski definition) is 1. The molecule has 1 aliphatic rings. The van der Waals surface area contributed by atoms with Crippen LogP contribution in [0.5, 0.6) is 11.5 Å². The number of para-hydroxylation sites is 1. The standard InChI is InChI=1S/C18H16ClNO3/c1-22-16-5-3-2-4-12(16)10-20-18(21)14-8-13-9-15(19)6-7-17(13)23-11-14/h2-9H,10-11H2,1H3,(H,20,21). The molecule has 5 heteroatoms. The van der Waals surface area contributed by atoms with Gasteiger partial charge in [0.25, 0.3) is 5.91 Å². The maximum Gasteiger partial charge on any atom is 0.250 e. The summed E-state index contributed by atoms with van der Waals surface area (Å²) in [6, 6.07) is 12.9. The first-order valence-corrected chi connectivity index (χ1v) is 7.58. The summed E-state index contributed by atoms with van der Waals surface area (Å²) in [5.74, 6) is 1.32. The van der Waals surface area contributed by atoms with E-state index in [9.17, 15) is 4.79 Å². The van der Waals surface area contributed by atoms with E-state index < -0.39 is 0 Å². The molecule has 0 radical (unpaired) electrons. The molecule has 0 atom stereocenters. The Morgan fingerprint density at radius 2 is 2.13 bits per heavy atom. The zero-order chi connectivity index (χ0) is 16.2. The quantitative estimate of drug-likeness (QED) is 0.934. The Hall–Kier alpha value is -2.46. The Bertz CT molecular complexity index is 771. The zero-order valence-corrected chi connectivity index (χ0v) is 13.4. The number of halogens is 1. The molecule has 0 aromatic heterocycles. The molecular weight excluding hydrogens is 314 g/mol. The summed E-state index contributed by atoms with van der Waals surface area (Å²) in [6.45, 7) is 0.634. The number of rotatable bonds is 4. The topological polar surface area (TPSA) is 47.6 Å². The molecule has 1 amide bonds. The lowest BCUT2D eigenvalue weighted by molar-refractivity contribution is -0.117. The van der Waals surface area contributed by atoms with Crippen molar-refractivity contribution in [1.82, 2.24) is 5.32 Å². The van der Waals surface area contributed by atoms with Crippen LogP contribution in [0.15, 0.2) is 48.0 Å². The number of methoxy groups -OCH3 is 1. The summed E-state index contributed by atoms with van der Waals surface area (Å²) in [5.41, 5.74) is 2.30. The first-order chi connectivity index (χ1) is 11.2. The lowest BCUT2D eigenvalue weighted by atomic mass is 10.1. The summed E-state index contributed by atoms with van der Waals surface area (Å²) in [4.78, 5) is 12.3. The van der Waals surface area contributed by atoms with Gasteiger partial charge < -0.3 is 14.8 Å². The van der Waals surface area contributed by atoms with Crippen LogP contribution in [-0.2, 0) is 11.3 Å². The number of amides is 1. The van der Waals surface area contributed by atoms with Gasteiger partial charge in [0.15, 0.2) is 0 Å². The first kappa shape index (κ1) is 15.4. The third kappa shape index (κ3) is 3.48. The predicted octanol–water partition coefficient (Wildman–Crippen LogP) is 3.44. The Labute approximate surface area is 139 Å². The molecule has 0 saturated carbocycles. The molecule has 1 N–H and O–H groups in total. The number of carbonyl (C=O) groups excluding carboxylic acids is 1. The number of carbonyl (C=O) groups is 1. The van der Waals surface area contributed by atoms with E-state index >= 15 is 0 Å². The fourth-order valence-electron chi connectivity index (χ4n) is 2.42. The van der Waals surface area contributed by atoms with Crippen molar-refractivity contribution in [3.63, 3.8) is 0 Å². The average molecular weight is 330 g/mol. The molecular formula is C18H16ClNO3. The van der Waals surface area contributed by atoms with Gasteiger partial charge in [-0.1, -0.05) is 29.8 Å². The van der Waals surface area contributed by atoms with Gasteiger partial charge in [0.1, 0.15) is 18.1 Å². The maximum absolute atomic E-state index is 12.3. The second-order valence-corrected chi connectivity index (χ2v) is 5.57. The lowest BCUT2D eigenvalue weighted by Crippen LogP contribution is -2.28. The molecule has 0 unspecified atom stereocenters.